The first-order valence-electron chi connectivity index (χ1n) is 5.91. The van der Waals surface area contributed by atoms with E-state index >= 15 is 0 Å². The Labute approximate surface area is 107 Å². The van der Waals surface area contributed by atoms with E-state index in [1.54, 1.807) is 18.2 Å². The Hall–Kier alpha value is -0.770. The molecule has 0 saturated carbocycles. The van der Waals surface area contributed by atoms with Crippen molar-refractivity contribution in [1.29, 1.82) is 0 Å². The summed E-state index contributed by atoms with van der Waals surface area (Å²) in [5, 5.41) is 18.3. The average Bonchev–Trinajstić information content (AvgIpc) is 2.35. The summed E-state index contributed by atoms with van der Waals surface area (Å²) in [5.74, 6) is 0.582. The Balaban J connectivity index is 2.35. The summed E-state index contributed by atoms with van der Waals surface area (Å²) in [6.07, 6.45) is 3.80. The van der Waals surface area contributed by atoms with Gasteiger partial charge in [0.2, 0.25) is 0 Å². The van der Waals surface area contributed by atoms with E-state index in [0.29, 0.717) is 22.9 Å². The zero-order chi connectivity index (χ0) is 12.5. The van der Waals surface area contributed by atoms with Crippen molar-refractivity contribution in [3.05, 3.63) is 28.8 Å². The quantitative estimate of drug-likeness (QED) is 0.705. The number of benzene rings is 1. The second-order valence-electron chi connectivity index (χ2n) is 3.87. The third-order valence-electron chi connectivity index (χ3n) is 2.52. The highest BCUT2D eigenvalue weighted by Crippen LogP contribution is 2.28. The second kappa shape index (κ2) is 8.34. The molecular formula is C13H19ClO3. The third-order valence-corrected chi connectivity index (χ3v) is 2.82. The molecule has 0 amide bonds. The Morgan fingerprint density at radius 3 is 2.53 bits per heavy atom. The smallest absolute Gasteiger partial charge is 0.143 e. The van der Waals surface area contributed by atoms with Gasteiger partial charge >= 0.3 is 0 Å². The van der Waals surface area contributed by atoms with E-state index in [-0.39, 0.29) is 13.2 Å². The van der Waals surface area contributed by atoms with Crippen molar-refractivity contribution in [1.82, 2.24) is 0 Å². The summed E-state index contributed by atoms with van der Waals surface area (Å²) >= 11 is 6.00. The van der Waals surface area contributed by atoms with Crippen molar-refractivity contribution in [2.24, 2.45) is 0 Å². The molecular weight excluding hydrogens is 240 g/mol. The summed E-state index contributed by atoms with van der Waals surface area (Å²) in [6, 6.07) is 5.34. The van der Waals surface area contributed by atoms with E-state index in [0.717, 1.165) is 25.7 Å². The number of aliphatic hydroxyl groups is 2. The van der Waals surface area contributed by atoms with E-state index in [9.17, 15) is 0 Å². The Morgan fingerprint density at radius 2 is 1.82 bits per heavy atom. The molecule has 2 N–H and O–H groups in total. The maximum atomic E-state index is 9.15. The molecule has 4 heteroatoms. The van der Waals surface area contributed by atoms with Gasteiger partial charge in [-0.25, -0.2) is 0 Å². The van der Waals surface area contributed by atoms with Crippen LogP contribution in [0.1, 0.15) is 31.2 Å². The van der Waals surface area contributed by atoms with Crippen molar-refractivity contribution in [3.63, 3.8) is 0 Å². The zero-order valence-corrected chi connectivity index (χ0v) is 10.6. The van der Waals surface area contributed by atoms with Gasteiger partial charge in [0.25, 0.3) is 0 Å². The predicted molar refractivity (Wildman–Crippen MR) is 68.4 cm³/mol. The number of ether oxygens (including phenoxy) is 1. The van der Waals surface area contributed by atoms with Crippen LogP contribution in [0.25, 0.3) is 0 Å². The summed E-state index contributed by atoms with van der Waals surface area (Å²) in [5.41, 5.74) is 0.716. The van der Waals surface area contributed by atoms with Crippen molar-refractivity contribution in [2.45, 2.75) is 32.3 Å². The Morgan fingerprint density at radius 1 is 1.06 bits per heavy atom. The Bertz CT molecular complexity index is 328. The topological polar surface area (TPSA) is 49.7 Å². The van der Waals surface area contributed by atoms with E-state index in [4.69, 9.17) is 26.6 Å². The van der Waals surface area contributed by atoms with Gasteiger partial charge in [-0.1, -0.05) is 30.2 Å². The highest BCUT2D eigenvalue weighted by Gasteiger charge is 2.06. The minimum Gasteiger partial charge on any atom is -0.492 e. The third kappa shape index (κ3) is 4.94. The lowest BCUT2D eigenvalue weighted by Gasteiger charge is -2.11. The van der Waals surface area contributed by atoms with Crippen LogP contribution in [-0.4, -0.2) is 23.4 Å². The number of hydrogen-bond acceptors (Lipinski definition) is 3. The molecule has 1 aromatic carbocycles. The molecule has 96 valence electrons. The van der Waals surface area contributed by atoms with Gasteiger partial charge in [0.1, 0.15) is 5.75 Å². The Kier molecular flexibility index (Phi) is 7.01. The fourth-order valence-corrected chi connectivity index (χ4v) is 1.83. The van der Waals surface area contributed by atoms with Gasteiger partial charge in [-0.3, -0.25) is 0 Å². The van der Waals surface area contributed by atoms with Crippen molar-refractivity contribution < 1.29 is 14.9 Å². The summed E-state index contributed by atoms with van der Waals surface area (Å²) < 4.78 is 5.58. The average molecular weight is 259 g/mol. The summed E-state index contributed by atoms with van der Waals surface area (Å²) in [7, 11) is 0. The lowest BCUT2D eigenvalue weighted by Crippen LogP contribution is -2.01. The lowest BCUT2D eigenvalue weighted by molar-refractivity contribution is 0.256. The van der Waals surface area contributed by atoms with Crippen LogP contribution in [0.5, 0.6) is 5.75 Å². The van der Waals surface area contributed by atoms with Crippen LogP contribution >= 0.6 is 11.6 Å². The van der Waals surface area contributed by atoms with Crippen LogP contribution in [0.15, 0.2) is 18.2 Å². The van der Waals surface area contributed by atoms with Gasteiger partial charge in [0.15, 0.2) is 0 Å². The molecule has 0 aliphatic rings. The number of para-hydroxylation sites is 1. The predicted octanol–water partition coefficient (Wildman–Crippen LogP) is 2.76. The van der Waals surface area contributed by atoms with Crippen LogP contribution < -0.4 is 4.74 Å². The normalized spacial score (nSPS) is 10.5. The number of halogens is 1. The second-order valence-corrected chi connectivity index (χ2v) is 4.28. The minimum atomic E-state index is -0.0690. The molecule has 0 heterocycles. The molecule has 0 spiro atoms. The van der Waals surface area contributed by atoms with Crippen LogP contribution in [0.2, 0.25) is 5.02 Å². The highest BCUT2D eigenvalue weighted by molar-refractivity contribution is 6.32. The van der Waals surface area contributed by atoms with Gasteiger partial charge < -0.3 is 14.9 Å². The SMILES string of the molecule is OCCCCCCOc1c(Cl)cccc1CO. The minimum absolute atomic E-state index is 0.0690. The van der Waals surface area contributed by atoms with Crippen LogP contribution in [0.4, 0.5) is 0 Å². The highest BCUT2D eigenvalue weighted by atomic mass is 35.5. The van der Waals surface area contributed by atoms with Crippen LogP contribution in [-0.2, 0) is 6.61 Å². The molecule has 1 aromatic rings. The van der Waals surface area contributed by atoms with E-state index < -0.39 is 0 Å². The molecule has 17 heavy (non-hydrogen) atoms. The molecule has 0 unspecified atom stereocenters. The van der Waals surface area contributed by atoms with Crippen molar-refractivity contribution >= 4 is 11.6 Å². The molecule has 0 radical (unpaired) electrons. The number of rotatable bonds is 8. The van der Waals surface area contributed by atoms with Gasteiger partial charge in [0.05, 0.1) is 18.2 Å². The van der Waals surface area contributed by atoms with Crippen LogP contribution in [0.3, 0.4) is 0 Å². The van der Waals surface area contributed by atoms with Crippen LogP contribution in [0, 0.1) is 0 Å². The van der Waals surface area contributed by atoms with E-state index in [1.807, 2.05) is 0 Å². The number of aliphatic hydroxyl groups excluding tert-OH is 2. The van der Waals surface area contributed by atoms with Gasteiger partial charge in [-0.2, -0.15) is 0 Å². The lowest BCUT2D eigenvalue weighted by atomic mass is 10.2. The first-order chi connectivity index (χ1) is 8.29. The first kappa shape index (κ1) is 14.3. The molecule has 1 rings (SSSR count). The largest absolute Gasteiger partial charge is 0.492 e. The van der Waals surface area contributed by atoms with Crippen molar-refractivity contribution in [2.75, 3.05) is 13.2 Å². The molecule has 3 nitrogen and oxygen atoms in total. The fraction of sp³-hybridized carbons (Fsp3) is 0.538. The number of hydrogen-bond donors (Lipinski definition) is 2. The molecule has 0 aliphatic heterocycles. The monoisotopic (exact) mass is 258 g/mol. The summed E-state index contributed by atoms with van der Waals surface area (Å²) in [4.78, 5) is 0. The summed E-state index contributed by atoms with van der Waals surface area (Å²) in [6.45, 7) is 0.766. The van der Waals surface area contributed by atoms with Gasteiger partial charge in [-0.15, -0.1) is 0 Å². The fourth-order valence-electron chi connectivity index (χ4n) is 1.58. The maximum absolute atomic E-state index is 9.15. The van der Waals surface area contributed by atoms with Gasteiger partial charge in [-0.05, 0) is 25.3 Å². The molecule has 0 atom stereocenters. The molecule has 0 fully saturated rings. The van der Waals surface area contributed by atoms with E-state index in [1.165, 1.54) is 0 Å². The van der Waals surface area contributed by atoms with E-state index in [2.05, 4.69) is 0 Å². The first-order valence-corrected chi connectivity index (χ1v) is 6.29. The molecule has 0 saturated heterocycles. The zero-order valence-electron chi connectivity index (χ0n) is 9.86. The standard InChI is InChI=1S/C13H19ClO3/c14-12-7-5-6-11(10-16)13(12)17-9-4-2-1-3-8-15/h5-7,15-16H,1-4,8-10H2. The molecule has 0 bridgehead atoms. The number of unbranched alkanes of at least 4 members (excludes halogenated alkanes) is 3. The molecule has 0 aliphatic carbocycles. The molecule has 0 aromatic heterocycles. The maximum Gasteiger partial charge on any atom is 0.143 e. The van der Waals surface area contributed by atoms with Gasteiger partial charge in [0, 0.05) is 12.2 Å². The van der Waals surface area contributed by atoms with Crippen molar-refractivity contribution in [3.8, 4) is 5.75 Å².